The first kappa shape index (κ1) is 12.5. The van der Waals surface area contributed by atoms with Gasteiger partial charge >= 0.3 is 5.63 Å². The van der Waals surface area contributed by atoms with E-state index >= 15 is 0 Å². The van der Waals surface area contributed by atoms with Crippen molar-refractivity contribution in [2.24, 2.45) is 0 Å². The fourth-order valence-electron chi connectivity index (χ4n) is 2.07. The molecule has 0 atom stereocenters. The molecule has 20 heavy (non-hydrogen) atoms. The van der Waals surface area contributed by atoms with Gasteiger partial charge in [0.1, 0.15) is 17.6 Å². The second-order valence-electron chi connectivity index (χ2n) is 4.65. The van der Waals surface area contributed by atoms with Crippen LogP contribution in [0.2, 0.25) is 0 Å². The lowest BCUT2D eigenvalue weighted by Crippen LogP contribution is -2.56. The predicted octanol–water partition coefficient (Wildman–Crippen LogP) is 1.44. The molecule has 1 amide bonds. The molecule has 1 aliphatic heterocycles. The van der Waals surface area contributed by atoms with Crippen LogP contribution in [0.15, 0.2) is 44.2 Å². The highest BCUT2D eigenvalue weighted by atomic mass is 16.5. The van der Waals surface area contributed by atoms with Crippen molar-refractivity contribution in [1.29, 1.82) is 0 Å². The van der Waals surface area contributed by atoms with Crippen molar-refractivity contribution in [3.05, 3.63) is 52.5 Å². The quantitative estimate of drug-likeness (QED) is 0.847. The molecular weight excluding hydrogens is 262 g/mol. The van der Waals surface area contributed by atoms with Gasteiger partial charge in [-0.2, -0.15) is 0 Å². The normalized spacial score (nSPS) is 14.9. The van der Waals surface area contributed by atoms with Gasteiger partial charge in [0.15, 0.2) is 5.76 Å². The Labute approximate surface area is 114 Å². The number of rotatable bonds is 3. The lowest BCUT2D eigenvalue weighted by molar-refractivity contribution is 0.0152. The first-order valence-electron chi connectivity index (χ1n) is 6.23. The van der Waals surface area contributed by atoms with Gasteiger partial charge in [-0.15, -0.1) is 0 Å². The molecule has 3 rings (SSSR count). The number of amides is 1. The molecule has 0 bridgehead atoms. The maximum Gasteiger partial charge on any atom is 0.339 e. The largest absolute Gasteiger partial charge is 0.486 e. The lowest BCUT2D eigenvalue weighted by Gasteiger charge is -2.38. The maximum absolute atomic E-state index is 11.9. The van der Waals surface area contributed by atoms with Gasteiger partial charge in [-0.25, -0.2) is 4.79 Å². The second kappa shape index (κ2) is 4.88. The number of nitrogens with zero attached hydrogens (tertiary/aromatic N) is 1. The van der Waals surface area contributed by atoms with E-state index in [-0.39, 0.29) is 12.0 Å². The summed E-state index contributed by atoms with van der Waals surface area (Å²) in [5, 5.41) is 0. The minimum Gasteiger partial charge on any atom is -0.486 e. The Hall–Kier alpha value is -2.50. The van der Waals surface area contributed by atoms with Crippen LogP contribution in [0, 0.1) is 6.92 Å². The van der Waals surface area contributed by atoms with E-state index in [2.05, 4.69) is 0 Å². The van der Waals surface area contributed by atoms with Gasteiger partial charge in [0.2, 0.25) is 0 Å². The number of furan rings is 1. The highest BCUT2D eigenvalue weighted by Crippen LogP contribution is 2.19. The Kier molecular flexibility index (Phi) is 3.06. The van der Waals surface area contributed by atoms with E-state index in [1.807, 2.05) is 0 Å². The number of likely N-dealkylation sites (tertiary alicyclic amines) is 1. The molecule has 0 spiro atoms. The van der Waals surface area contributed by atoms with Crippen LogP contribution in [0.5, 0.6) is 5.75 Å². The van der Waals surface area contributed by atoms with E-state index in [0.29, 0.717) is 30.4 Å². The van der Waals surface area contributed by atoms with Crippen LogP contribution in [0.3, 0.4) is 0 Å². The highest BCUT2D eigenvalue weighted by molar-refractivity contribution is 5.92. The third-order valence-corrected chi connectivity index (χ3v) is 3.04. The Balaban J connectivity index is 1.58. The van der Waals surface area contributed by atoms with Crippen LogP contribution in [-0.4, -0.2) is 30.0 Å². The summed E-state index contributed by atoms with van der Waals surface area (Å²) in [5.41, 5.74) is -0.442. The van der Waals surface area contributed by atoms with Crippen LogP contribution < -0.4 is 10.4 Å². The van der Waals surface area contributed by atoms with E-state index in [4.69, 9.17) is 13.6 Å². The summed E-state index contributed by atoms with van der Waals surface area (Å²) in [7, 11) is 0. The van der Waals surface area contributed by atoms with Crippen LogP contribution in [-0.2, 0) is 0 Å². The Morgan fingerprint density at radius 1 is 1.40 bits per heavy atom. The Morgan fingerprint density at radius 3 is 2.85 bits per heavy atom. The zero-order valence-electron chi connectivity index (χ0n) is 10.9. The molecule has 0 saturated carbocycles. The SMILES string of the molecule is Cc1cc(OC2CN(C(=O)c3ccco3)C2)cc(=O)o1. The summed E-state index contributed by atoms with van der Waals surface area (Å²) in [6, 6.07) is 6.25. The molecule has 0 aromatic carbocycles. The van der Waals surface area contributed by atoms with Crippen molar-refractivity contribution in [2.75, 3.05) is 13.1 Å². The van der Waals surface area contributed by atoms with Crippen molar-refractivity contribution in [2.45, 2.75) is 13.0 Å². The number of aryl methyl sites for hydroxylation is 1. The highest BCUT2D eigenvalue weighted by Gasteiger charge is 2.34. The minimum atomic E-state index is -0.442. The van der Waals surface area contributed by atoms with Crippen molar-refractivity contribution >= 4 is 5.91 Å². The first-order chi connectivity index (χ1) is 9.61. The average Bonchev–Trinajstić information content (AvgIpc) is 2.85. The molecule has 1 saturated heterocycles. The van der Waals surface area contributed by atoms with E-state index in [1.54, 1.807) is 30.0 Å². The van der Waals surface area contributed by atoms with Crippen LogP contribution in [0.1, 0.15) is 16.3 Å². The van der Waals surface area contributed by atoms with Gasteiger partial charge in [-0.05, 0) is 19.1 Å². The topological polar surface area (TPSA) is 72.9 Å². The minimum absolute atomic E-state index is 0.116. The van der Waals surface area contributed by atoms with Crippen LogP contribution in [0.25, 0.3) is 0 Å². The van der Waals surface area contributed by atoms with Crippen molar-refractivity contribution in [3.63, 3.8) is 0 Å². The molecule has 0 unspecified atom stereocenters. The molecule has 1 aliphatic rings. The molecule has 6 nitrogen and oxygen atoms in total. The van der Waals surface area contributed by atoms with E-state index in [9.17, 15) is 9.59 Å². The summed E-state index contributed by atoms with van der Waals surface area (Å²) in [6.07, 6.45) is 1.35. The fourth-order valence-corrected chi connectivity index (χ4v) is 2.07. The molecule has 1 fully saturated rings. The number of hydrogen-bond acceptors (Lipinski definition) is 5. The van der Waals surface area contributed by atoms with Crippen molar-refractivity contribution < 1.29 is 18.4 Å². The van der Waals surface area contributed by atoms with E-state index in [1.165, 1.54) is 12.3 Å². The summed E-state index contributed by atoms with van der Waals surface area (Å²) in [4.78, 5) is 24.7. The Bertz CT molecular complexity index is 667. The maximum atomic E-state index is 11.9. The van der Waals surface area contributed by atoms with Gasteiger partial charge in [-0.3, -0.25) is 4.79 Å². The smallest absolute Gasteiger partial charge is 0.339 e. The molecular formula is C14H13NO5. The summed E-state index contributed by atoms with van der Waals surface area (Å²) < 4.78 is 15.5. The van der Waals surface area contributed by atoms with Crippen LogP contribution >= 0.6 is 0 Å². The number of hydrogen-bond donors (Lipinski definition) is 0. The molecule has 0 radical (unpaired) electrons. The first-order valence-corrected chi connectivity index (χ1v) is 6.23. The molecule has 0 N–H and O–H groups in total. The average molecular weight is 275 g/mol. The predicted molar refractivity (Wildman–Crippen MR) is 68.7 cm³/mol. The van der Waals surface area contributed by atoms with Gasteiger partial charge < -0.3 is 18.5 Å². The van der Waals surface area contributed by atoms with Gasteiger partial charge in [0.05, 0.1) is 25.4 Å². The monoisotopic (exact) mass is 275 g/mol. The number of carbonyl (C=O) groups excluding carboxylic acids is 1. The van der Waals surface area contributed by atoms with E-state index in [0.717, 1.165) is 0 Å². The summed E-state index contributed by atoms with van der Waals surface area (Å²) in [5.74, 6) is 1.13. The fraction of sp³-hybridized carbons (Fsp3) is 0.286. The van der Waals surface area contributed by atoms with Gasteiger partial charge in [-0.1, -0.05) is 0 Å². The molecule has 6 heteroatoms. The zero-order valence-corrected chi connectivity index (χ0v) is 10.9. The van der Waals surface area contributed by atoms with Crippen LogP contribution in [0.4, 0.5) is 0 Å². The third kappa shape index (κ3) is 2.45. The molecule has 3 heterocycles. The number of ether oxygens (including phenoxy) is 1. The number of carbonyl (C=O) groups is 1. The van der Waals surface area contributed by atoms with E-state index < -0.39 is 5.63 Å². The second-order valence-corrected chi connectivity index (χ2v) is 4.65. The molecule has 2 aromatic heterocycles. The standard InChI is InChI=1S/C14H13NO5/c1-9-5-10(6-13(16)19-9)20-11-7-15(8-11)14(17)12-3-2-4-18-12/h2-6,11H,7-8H2,1H3. The summed E-state index contributed by atoms with van der Waals surface area (Å²) >= 11 is 0. The third-order valence-electron chi connectivity index (χ3n) is 3.04. The zero-order chi connectivity index (χ0) is 14.1. The molecule has 0 aliphatic carbocycles. The molecule has 104 valence electrons. The van der Waals surface area contributed by atoms with Gasteiger partial charge in [0, 0.05) is 6.07 Å². The molecule has 2 aromatic rings. The van der Waals surface area contributed by atoms with Gasteiger partial charge in [0.25, 0.3) is 5.91 Å². The lowest BCUT2D eigenvalue weighted by atomic mass is 10.1. The summed E-state index contributed by atoms with van der Waals surface area (Å²) in [6.45, 7) is 2.62. The van der Waals surface area contributed by atoms with Crippen molar-refractivity contribution in [1.82, 2.24) is 4.90 Å². The van der Waals surface area contributed by atoms with Crippen molar-refractivity contribution in [3.8, 4) is 5.75 Å². The Morgan fingerprint density at radius 2 is 2.20 bits per heavy atom.